The summed E-state index contributed by atoms with van der Waals surface area (Å²) < 4.78 is 5.55. The van der Waals surface area contributed by atoms with E-state index in [1.807, 2.05) is 0 Å². The fraction of sp³-hybridized carbons (Fsp3) is 0.933. The van der Waals surface area contributed by atoms with Crippen LogP contribution in [0.2, 0.25) is 0 Å². The number of aliphatic hydroxyl groups excluding tert-OH is 1. The molecule has 0 bridgehead atoms. The quantitative estimate of drug-likeness (QED) is 0.810. The molecule has 4 nitrogen and oxygen atoms in total. The van der Waals surface area contributed by atoms with Gasteiger partial charge in [-0.05, 0) is 37.0 Å². The van der Waals surface area contributed by atoms with Gasteiger partial charge in [0.25, 0.3) is 0 Å². The third-order valence-electron chi connectivity index (χ3n) is 5.38. The van der Waals surface area contributed by atoms with E-state index in [0.717, 1.165) is 25.7 Å². The van der Waals surface area contributed by atoms with Gasteiger partial charge in [0.05, 0.1) is 6.54 Å². The van der Waals surface area contributed by atoms with Crippen molar-refractivity contribution in [2.45, 2.75) is 59.0 Å². The molecule has 0 aromatic carbocycles. The van der Waals surface area contributed by atoms with Crippen LogP contribution in [0.4, 0.5) is 4.79 Å². The van der Waals surface area contributed by atoms with Crippen LogP contribution in [0.1, 0.15) is 53.4 Å². The molecule has 1 saturated carbocycles. The number of hydrogen-bond acceptors (Lipinski definition) is 3. The van der Waals surface area contributed by atoms with Gasteiger partial charge in [0.15, 0.2) is 0 Å². The Kier molecular flexibility index (Phi) is 3.58. The van der Waals surface area contributed by atoms with Gasteiger partial charge in [-0.3, -0.25) is 0 Å². The standard InChI is InChI=1S/C15H27NO3/c1-11(13(2,3)4)14(10-17)6-5-7-15(8-14)9-16-12(18)19-15/h11,17H,5-10H2,1-4H3,(H,16,18). The van der Waals surface area contributed by atoms with Crippen molar-refractivity contribution in [1.29, 1.82) is 0 Å². The molecule has 2 N–H and O–H groups in total. The Bertz CT molecular complexity index is 363. The number of alkyl carbamates (subject to hydrolysis) is 1. The lowest BCUT2D eigenvalue weighted by atomic mass is 9.56. The van der Waals surface area contributed by atoms with E-state index < -0.39 is 5.60 Å². The molecule has 3 unspecified atom stereocenters. The Morgan fingerprint density at radius 2 is 2.11 bits per heavy atom. The maximum Gasteiger partial charge on any atom is 0.407 e. The second kappa shape index (κ2) is 4.65. The molecule has 1 aliphatic carbocycles. The second-order valence-corrected chi connectivity index (χ2v) is 7.56. The van der Waals surface area contributed by atoms with Crippen LogP contribution in [0, 0.1) is 16.7 Å². The van der Waals surface area contributed by atoms with E-state index in [1.54, 1.807) is 0 Å². The Hall–Kier alpha value is -0.770. The van der Waals surface area contributed by atoms with Crippen molar-refractivity contribution in [2.24, 2.45) is 16.7 Å². The summed E-state index contributed by atoms with van der Waals surface area (Å²) in [4.78, 5) is 11.4. The molecule has 1 amide bonds. The van der Waals surface area contributed by atoms with Crippen LogP contribution in [0.5, 0.6) is 0 Å². The molecule has 2 fully saturated rings. The highest BCUT2D eigenvalue weighted by Gasteiger charge is 2.53. The van der Waals surface area contributed by atoms with E-state index in [9.17, 15) is 9.90 Å². The van der Waals surface area contributed by atoms with Crippen LogP contribution in [-0.4, -0.2) is 30.0 Å². The zero-order chi connectivity index (χ0) is 14.3. The minimum Gasteiger partial charge on any atom is -0.441 e. The molecule has 2 rings (SSSR count). The van der Waals surface area contributed by atoms with Gasteiger partial charge in [-0.15, -0.1) is 0 Å². The van der Waals surface area contributed by atoms with Crippen molar-refractivity contribution in [2.75, 3.05) is 13.2 Å². The third-order valence-corrected chi connectivity index (χ3v) is 5.38. The molecule has 110 valence electrons. The van der Waals surface area contributed by atoms with Gasteiger partial charge in [0.2, 0.25) is 0 Å². The van der Waals surface area contributed by atoms with E-state index in [0.29, 0.717) is 12.5 Å². The smallest absolute Gasteiger partial charge is 0.407 e. The number of aliphatic hydroxyl groups is 1. The molecule has 2 aliphatic rings. The lowest BCUT2D eigenvalue weighted by Crippen LogP contribution is -2.51. The van der Waals surface area contributed by atoms with Crippen LogP contribution in [0.3, 0.4) is 0 Å². The van der Waals surface area contributed by atoms with Gasteiger partial charge < -0.3 is 15.2 Å². The first kappa shape index (κ1) is 14.6. The highest BCUT2D eigenvalue weighted by Crippen LogP contribution is 2.53. The molecule has 4 heteroatoms. The number of ether oxygens (including phenoxy) is 1. The Balaban J connectivity index is 2.24. The zero-order valence-corrected chi connectivity index (χ0v) is 12.6. The van der Waals surface area contributed by atoms with Gasteiger partial charge in [0.1, 0.15) is 5.60 Å². The van der Waals surface area contributed by atoms with E-state index in [1.165, 1.54) is 0 Å². The second-order valence-electron chi connectivity index (χ2n) is 7.56. The first-order valence-corrected chi connectivity index (χ1v) is 7.31. The highest BCUT2D eigenvalue weighted by atomic mass is 16.6. The molecule has 0 radical (unpaired) electrons. The number of rotatable bonds is 2. The van der Waals surface area contributed by atoms with Crippen LogP contribution < -0.4 is 5.32 Å². The summed E-state index contributed by atoms with van der Waals surface area (Å²) in [6, 6.07) is 0. The number of nitrogens with one attached hydrogen (secondary N) is 1. The molecule has 19 heavy (non-hydrogen) atoms. The Labute approximate surface area is 115 Å². The molecule has 3 atom stereocenters. The SMILES string of the molecule is CC(C(C)(C)C)C1(CO)CCCC2(CNC(=O)O2)C1. The van der Waals surface area contributed by atoms with Gasteiger partial charge in [-0.2, -0.15) is 0 Å². The van der Waals surface area contributed by atoms with Crippen molar-refractivity contribution in [3.8, 4) is 0 Å². The topological polar surface area (TPSA) is 58.6 Å². The minimum absolute atomic E-state index is 0.136. The monoisotopic (exact) mass is 269 g/mol. The molecular formula is C15H27NO3. The number of carbonyl (C=O) groups is 1. The van der Waals surface area contributed by atoms with Crippen molar-refractivity contribution in [3.63, 3.8) is 0 Å². The summed E-state index contributed by atoms with van der Waals surface area (Å²) in [5.41, 5.74) is -0.391. The van der Waals surface area contributed by atoms with Crippen molar-refractivity contribution in [1.82, 2.24) is 5.32 Å². The van der Waals surface area contributed by atoms with Crippen molar-refractivity contribution in [3.05, 3.63) is 0 Å². The molecule has 1 spiro atoms. The summed E-state index contributed by atoms with van der Waals surface area (Å²) in [6.07, 6.45) is 3.40. The van der Waals surface area contributed by atoms with Gasteiger partial charge >= 0.3 is 6.09 Å². The number of carbonyl (C=O) groups excluding carboxylic acids is 1. The van der Waals surface area contributed by atoms with E-state index in [4.69, 9.17) is 4.74 Å². The zero-order valence-electron chi connectivity index (χ0n) is 12.6. The van der Waals surface area contributed by atoms with Crippen LogP contribution >= 0.6 is 0 Å². The van der Waals surface area contributed by atoms with Gasteiger partial charge in [-0.25, -0.2) is 4.79 Å². The fourth-order valence-electron chi connectivity index (χ4n) is 3.88. The molecule has 1 saturated heterocycles. The van der Waals surface area contributed by atoms with E-state index in [2.05, 4.69) is 33.0 Å². The Morgan fingerprint density at radius 3 is 2.58 bits per heavy atom. The fourth-order valence-corrected chi connectivity index (χ4v) is 3.88. The predicted octanol–water partition coefficient (Wildman–Crippen LogP) is 2.70. The maximum atomic E-state index is 11.4. The summed E-state index contributed by atoms with van der Waals surface area (Å²) in [6.45, 7) is 9.63. The van der Waals surface area contributed by atoms with Crippen molar-refractivity contribution >= 4 is 6.09 Å². The van der Waals surface area contributed by atoms with Crippen molar-refractivity contribution < 1.29 is 14.6 Å². The average molecular weight is 269 g/mol. The minimum atomic E-state index is -0.391. The Morgan fingerprint density at radius 1 is 1.42 bits per heavy atom. The lowest BCUT2D eigenvalue weighted by Gasteiger charge is -2.51. The molecule has 1 heterocycles. The lowest BCUT2D eigenvalue weighted by molar-refractivity contribution is -0.0923. The molecule has 0 aromatic heterocycles. The highest BCUT2D eigenvalue weighted by molar-refractivity contribution is 5.70. The summed E-state index contributed by atoms with van der Waals surface area (Å²) in [5.74, 6) is 0.376. The summed E-state index contributed by atoms with van der Waals surface area (Å²) in [5, 5.41) is 12.8. The number of hydrogen-bond donors (Lipinski definition) is 2. The largest absolute Gasteiger partial charge is 0.441 e. The third kappa shape index (κ3) is 2.60. The number of amides is 1. The van der Waals surface area contributed by atoms with Crippen LogP contribution in [-0.2, 0) is 4.74 Å². The molecular weight excluding hydrogens is 242 g/mol. The van der Waals surface area contributed by atoms with Gasteiger partial charge in [0, 0.05) is 12.0 Å². The first-order valence-electron chi connectivity index (χ1n) is 7.31. The maximum absolute atomic E-state index is 11.4. The van der Waals surface area contributed by atoms with Gasteiger partial charge in [-0.1, -0.05) is 27.7 Å². The van der Waals surface area contributed by atoms with E-state index >= 15 is 0 Å². The van der Waals surface area contributed by atoms with Crippen LogP contribution in [0.15, 0.2) is 0 Å². The molecule has 0 aromatic rings. The normalized spacial score (nSPS) is 37.0. The van der Waals surface area contributed by atoms with Crippen LogP contribution in [0.25, 0.3) is 0 Å². The first-order chi connectivity index (χ1) is 8.73. The van der Waals surface area contributed by atoms with E-state index in [-0.39, 0.29) is 23.5 Å². The molecule has 1 aliphatic heterocycles. The predicted molar refractivity (Wildman–Crippen MR) is 73.8 cm³/mol. The average Bonchev–Trinajstić information content (AvgIpc) is 2.68. The summed E-state index contributed by atoms with van der Waals surface area (Å²) in [7, 11) is 0. The summed E-state index contributed by atoms with van der Waals surface area (Å²) >= 11 is 0.